The highest BCUT2D eigenvalue weighted by Gasteiger charge is 2.31. The number of tetrazole rings is 1. The first-order valence-electron chi connectivity index (χ1n) is 13.3. The van der Waals surface area contributed by atoms with Gasteiger partial charge in [0.2, 0.25) is 0 Å². The van der Waals surface area contributed by atoms with Crippen LogP contribution in [0.2, 0.25) is 5.02 Å². The van der Waals surface area contributed by atoms with Gasteiger partial charge in [-0.15, -0.1) is 5.10 Å². The molecule has 0 aliphatic rings. The molecule has 0 fully saturated rings. The van der Waals surface area contributed by atoms with Gasteiger partial charge in [-0.25, -0.2) is 4.68 Å². The summed E-state index contributed by atoms with van der Waals surface area (Å²) in [5.41, 5.74) is 5.13. The Hall–Kier alpha value is -4.60. The lowest BCUT2D eigenvalue weighted by molar-refractivity contribution is 0.193. The summed E-state index contributed by atoms with van der Waals surface area (Å²) >= 11 is 6.65. The molecule has 0 spiro atoms. The maximum Gasteiger partial charge on any atom is 0.253 e. The van der Waals surface area contributed by atoms with E-state index in [9.17, 15) is 4.79 Å². The van der Waals surface area contributed by atoms with Gasteiger partial charge in [0, 0.05) is 47.0 Å². The third-order valence-electron chi connectivity index (χ3n) is 7.13. The number of benzene rings is 2. The van der Waals surface area contributed by atoms with Crippen molar-refractivity contribution in [1.82, 2.24) is 35.1 Å². The molecule has 41 heavy (non-hydrogen) atoms. The molecule has 0 aliphatic heterocycles. The standard InChI is InChI=1S/C31H28ClN7O2/c1-20-13-21(2)25-15-26(31(40)34-28(25)14-20)29(30-35-36-37-39(30)19-24-9-6-12-41-24)38(17-22-7-5-11-33-16-22)18-23-8-3-4-10-27(23)32/h3-16,29H,17-19H2,1-2H3,(H,34,40)/t29-/m1/s1. The zero-order valence-electron chi connectivity index (χ0n) is 22.7. The topological polar surface area (TPSA) is 106 Å². The summed E-state index contributed by atoms with van der Waals surface area (Å²) in [5.74, 6) is 1.20. The van der Waals surface area contributed by atoms with Gasteiger partial charge in [-0.2, -0.15) is 0 Å². The van der Waals surface area contributed by atoms with Crippen LogP contribution in [0.15, 0.2) is 94.6 Å². The van der Waals surface area contributed by atoms with Crippen molar-refractivity contribution in [3.8, 4) is 0 Å². The van der Waals surface area contributed by atoms with Crippen LogP contribution >= 0.6 is 11.6 Å². The van der Waals surface area contributed by atoms with E-state index in [1.165, 1.54) is 0 Å². The molecule has 6 rings (SSSR count). The van der Waals surface area contributed by atoms with Crippen molar-refractivity contribution in [2.45, 2.75) is 39.5 Å². The summed E-state index contributed by atoms with van der Waals surface area (Å²) in [7, 11) is 0. The Labute approximate surface area is 241 Å². The number of nitrogens with zero attached hydrogens (tertiary/aromatic N) is 6. The average Bonchev–Trinajstić information content (AvgIpc) is 3.64. The highest BCUT2D eigenvalue weighted by molar-refractivity contribution is 6.31. The van der Waals surface area contributed by atoms with Crippen LogP contribution in [0.1, 0.15) is 45.4 Å². The molecule has 2 aromatic carbocycles. The highest BCUT2D eigenvalue weighted by Crippen LogP contribution is 2.32. The highest BCUT2D eigenvalue weighted by atomic mass is 35.5. The molecule has 4 heterocycles. The Morgan fingerprint density at radius 2 is 1.93 bits per heavy atom. The Bertz CT molecular complexity index is 1850. The van der Waals surface area contributed by atoms with E-state index in [2.05, 4.69) is 36.5 Å². The molecule has 9 nitrogen and oxygen atoms in total. The zero-order chi connectivity index (χ0) is 28.3. The first-order valence-corrected chi connectivity index (χ1v) is 13.6. The van der Waals surface area contributed by atoms with Crippen molar-refractivity contribution in [2.75, 3.05) is 0 Å². The smallest absolute Gasteiger partial charge is 0.253 e. The fourth-order valence-corrected chi connectivity index (χ4v) is 5.47. The monoisotopic (exact) mass is 565 g/mol. The van der Waals surface area contributed by atoms with E-state index < -0.39 is 6.04 Å². The fourth-order valence-electron chi connectivity index (χ4n) is 5.27. The van der Waals surface area contributed by atoms with Crippen LogP contribution < -0.4 is 5.56 Å². The van der Waals surface area contributed by atoms with E-state index in [0.29, 0.717) is 41.8 Å². The van der Waals surface area contributed by atoms with Crippen molar-refractivity contribution in [3.05, 3.63) is 140 Å². The Kier molecular flexibility index (Phi) is 7.45. The third-order valence-corrected chi connectivity index (χ3v) is 7.50. The average molecular weight is 566 g/mol. The number of hydrogen-bond acceptors (Lipinski definition) is 7. The molecular formula is C31H28ClN7O2. The molecule has 0 bridgehead atoms. The predicted octanol–water partition coefficient (Wildman–Crippen LogP) is 5.61. The minimum Gasteiger partial charge on any atom is -0.467 e. The molecule has 1 N–H and O–H groups in total. The predicted molar refractivity (Wildman–Crippen MR) is 156 cm³/mol. The van der Waals surface area contributed by atoms with Gasteiger partial charge < -0.3 is 9.40 Å². The number of rotatable bonds is 9. The van der Waals surface area contributed by atoms with Crippen LogP contribution in [-0.2, 0) is 19.6 Å². The second-order valence-electron chi connectivity index (χ2n) is 10.1. The van der Waals surface area contributed by atoms with E-state index in [0.717, 1.165) is 33.2 Å². The van der Waals surface area contributed by atoms with Crippen molar-refractivity contribution in [3.63, 3.8) is 0 Å². The van der Waals surface area contributed by atoms with Crippen LogP contribution in [-0.4, -0.2) is 35.1 Å². The van der Waals surface area contributed by atoms with E-state index in [-0.39, 0.29) is 5.56 Å². The first-order chi connectivity index (χ1) is 20.0. The molecular weight excluding hydrogens is 538 g/mol. The quantitative estimate of drug-likeness (QED) is 0.243. The SMILES string of the molecule is Cc1cc(C)c2cc([C@H](c3nnnn3Cc3ccco3)N(Cc3cccnc3)Cc3ccccc3Cl)c(=O)[nH]c2c1. The van der Waals surface area contributed by atoms with Gasteiger partial charge in [0.05, 0.1) is 6.26 Å². The second-order valence-corrected chi connectivity index (χ2v) is 10.5. The van der Waals surface area contributed by atoms with Crippen LogP contribution in [0.25, 0.3) is 10.9 Å². The van der Waals surface area contributed by atoms with Crippen molar-refractivity contribution >= 4 is 22.5 Å². The molecule has 0 saturated carbocycles. The Morgan fingerprint density at radius 1 is 1.05 bits per heavy atom. The number of fused-ring (bicyclic) bond motifs is 1. The number of H-pyrrole nitrogens is 1. The van der Waals surface area contributed by atoms with Crippen LogP contribution in [0.4, 0.5) is 0 Å². The van der Waals surface area contributed by atoms with Gasteiger partial charge in [0.1, 0.15) is 18.3 Å². The van der Waals surface area contributed by atoms with Crippen LogP contribution in [0.3, 0.4) is 0 Å². The molecule has 4 aromatic heterocycles. The zero-order valence-corrected chi connectivity index (χ0v) is 23.4. The Morgan fingerprint density at radius 3 is 2.71 bits per heavy atom. The number of nitrogens with one attached hydrogen (secondary N) is 1. The lowest BCUT2D eigenvalue weighted by atomic mass is 9.99. The number of furan rings is 1. The van der Waals surface area contributed by atoms with Crippen molar-refractivity contribution in [2.24, 2.45) is 0 Å². The van der Waals surface area contributed by atoms with E-state index >= 15 is 0 Å². The molecule has 0 aliphatic carbocycles. The number of pyridine rings is 2. The summed E-state index contributed by atoms with van der Waals surface area (Å²) in [5, 5.41) is 14.4. The third kappa shape index (κ3) is 5.68. The molecule has 0 saturated heterocycles. The fraction of sp³-hybridized carbons (Fsp3) is 0.194. The minimum atomic E-state index is -0.634. The van der Waals surface area contributed by atoms with E-state index in [1.54, 1.807) is 17.1 Å². The van der Waals surface area contributed by atoms with Crippen LogP contribution in [0.5, 0.6) is 0 Å². The molecule has 0 radical (unpaired) electrons. The van der Waals surface area contributed by atoms with E-state index in [4.69, 9.17) is 16.0 Å². The molecule has 1 atom stereocenters. The lowest BCUT2D eigenvalue weighted by Gasteiger charge is -2.31. The number of aromatic amines is 1. The molecule has 0 unspecified atom stereocenters. The number of halogens is 1. The summed E-state index contributed by atoms with van der Waals surface area (Å²) in [6.07, 6.45) is 5.17. The Balaban J connectivity index is 1.56. The normalized spacial score (nSPS) is 12.3. The van der Waals surface area contributed by atoms with Gasteiger partial charge in [-0.05, 0) is 82.9 Å². The summed E-state index contributed by atoms with van der Waals surface area (Å²) < 4.78 is 7.28. The summed E-state index contributed by atoms with van der Waals surface area (Å²) in [4.78, 5) is 23.5. The molecule has 6 aromatic rings. The van der Waals surface area contributed by atoms with Gasteiger partial charge in [-0.3, -0.25) is 14.7 Å². The first kappa shape index (κ1) is 26.6. The molecule has 206 valence electrons. The van der Waals surface area contributed by atoms with Gasteiger partial charge in [0.25, 0.3) is 5.56 Å². The van der Waals surface area contributed by atoms with Gasteiger partial charge in [-0.1, -0.05) is 41.9 Å². The number of hydrogen-bond donors (Lipinski definition) is 1. The largest absolute Gasteiger partial charge is 0.467 e. The second kappa shape index (κ2) is 11.5. The maximum atomic E-state index is 13.9. The maximum absolute atomic E-state index is 13.9. The molecule has 0 amide bonds. The number of aryl methyl sites for hydroxylation is 2. The van der Waals surface area contributed by atoms with E-state index in [1.807, 2.05) is 80.7 Å². The number of aromatic nitrogens is 6. The van der Waals surface area contributed by atoms with Gasteiger partial charge >= 0.3 is 0 Å². The lowest BCUT2D eigenvalue weighted by Crippen LogP contribution is -2.35. The summed E-state index contributed by atoms with van der Waals surface area (Å²) in [6.45, 7) is 5.26. The molecule has 10 heteroatoms. The summed E-state index contributed by atoms with van der Waals surface area (Å²) in [6, 6.07) is 20.7. The van der Waals surface area contributed by atoms with Gasteiger partial charge in [0.15, 0.2) is 5.82 Å². The van der Waals surface area contributed by atoms with Crippen molar-refractivity contribution in [1.29, 1.82) is 0 Å². The van der Waals surface area contributed by atoms with Crippen molar-refractivity contribution < 1.29 is 4.42 Å². The minimum absolute atomic E-state index is 0.213. The van der Waals surface area contributed by atoms with Crippen LogP contribution in [0, 0.1) is 13.8 Å².